The van der Waals surface area contributed by atoms with Gasteiger partial charge >= 0.3 is 0 Å². The van der Waals surface area contributed by atoms with Crippen molar-refractivity contribution in [2.75, 3.05) is 14.2 Å². The molecule has 1 rings (SSSR count). The van der Waals surface area contributed by atoms with Crippen LogP contribution in [0.2, 0.25) is 0 Å². The van der Waals surface area contributed by atoms with Gasteiger partial charge in [0.05, 0.1) is 30.8 Å². The van der Waals surface area contributed by atoms with E-state index in [2.05, 4.69) is 15.9 Å². The number of benzene rings is 1. The highest BCUT2D eigenvalue weighted by molar-refractivity contribution is 9.10. The van der Waals surface area contributed by atoms with Crippen molar-refractivity contribution in [1.29, 1.82) is 0 Å². The van der Waals surface area contributed by atoms with Gasteiger partial charge in [0.15, 0.2) is 0 Å². The van der Waals surface area contributed by atoms with Crippen molar-refractivity contribution in [3.8, 4) is 11.5 Å². The Morgan fingerprint density at radius 1 is 1.40 bits per heavy atom. The van der Waals surface area contributed by atoms with Gasteiger partial charge < -0.3 is 9.47 Å². The van der Waals surface area contributed by atoms with Gasteiger partial charge in [-0.2, -0.15) is 0 Å². The van der Waals surface area contributed by atoms with Crippen LogP contribution in [0.3, 0.4) is 0 Å². The van der Waals surface area contributed by atoms with E-state index in [1.54, 1.807) is 6.92 Å². The zero-order valence-electron chi connectivity index (χ0n) is 8.54. The zero-order valence-corrected chi connectivity index (χ0v) is 10.1. The lowest BCUT2D eigenvalue weighted by Crippen LogP contribution is -1.98. The van der Waals surface area contributed by atoms with Crippen LogP contribution in [0.25, 0.3) is 0 Å². The summed E-state index contributed by atoms with van der Waals surface area (Å²) in [6.07, 6.45) is 0. The second kappa shape index (κ2) is 4.48. The van der Waals surface area contributed by atoms with Gasteiger partial charge in [-0.3, -0.25) is 10.1 Å². The number of halogens is 1. The Morgan fingerprint density at radius 2 is 2.00 bits per heavy atom. The Hall–Kier alpha value is -1.30. The molecule has 82 valence electrons. The molecule has 0 atom stereocenters. The van der Waals surface area contributed by atoms with Gasteiger partial charge in [-0.05, 0) is 22.9 Å². The lowest BCUT2D eigenvalue weighted by Gasteiger charge is -2.11. The quantitative estimate of drug-likeness (QED) is 0.629. The molecule has 0 aliphatic carbocycles. The van der Waals surface area contributed by atoms with Gasteiger partial charge in [-0.15, -0.1) is 0 Å². The van der Waals surface area contributed by atoms with Crippen LogP contribution in [0.1, 0.15) is 5.56 Å². The van der Waals surface area contributed by atoms with Crippen LogP contribution < -0.4 is 9.47 Å². The van der Waals surface area contributed by atoms with Crippen molar-refractivity contribution in [2.24, 2.45) is 0 Å². The highest BCUT2D eigenvalue weighted by atomic mass is 79.9. The molecule has 15 heavy (non-hydrogen) atoms. The number of nitrogens with zero attached hydrogens (tertiary/aromatic N) is 1. The molecule has 0 heterocycles. The van der Waals surface area contributed by atoms with E-state index in [9.17, 15) is 10.1 Å². The third kappa shape index (κ3) is 2.04. The van der Waals surface area contributed by atoms with E-state index in [-0.39, 0.29) is 5.69 Å². The maximum Gasteiger partial charge on any atom is 0.279 e. The molecule has 0 amide bonds. The van der Waals surface area contributed by atoms with Crippen molar-refractivity contribution in [3.05, 3.63) is 26.2 Å². The topological polar surface area (TPSA) is 61.6 Å². The highest BCUT2D eigenvalue weighted by Crippen LogP contribution is 2.41. The molecular weight excluding hydrogens is 266 g/mol. The van der Waals surface area contributed by atoms with Crippen LogP contribution in [0.15, 0.2) is 10.5 Å². The maximum atomic E-state index is 10.7. The Balaban J connectivity index is 3.51. The average molecular weight is 276 g/mol. The average Bonchev–Trinajstić information content (AvgIpc) is 2.18. The Labute approximate surface area is 95.3 Å². The number of rotatable bonds is 3. The second-order valence-corrected chi connectivity index (χ2v) is 3.62. The third-order valence-electron chi connectivity index (χ3n) is 2.03. The number of hydrogen-bond acceptors (Lipinski definition) is 4. The monoisotopic (exact) mass is 275 g/mol. The first-order valence-corrected chi connectivity index (χ1v) is 4.87. The lowest BCUT2D eigenvalue weighted by atomic mass is 10.1. The summed E-state index contributed by atoms with van der Waals surface area (Å²) < 4.78 is 10.7. The number of nitro benzene ring substituents is 1. The van der Waals surface area contributed by atoms with Crippen LogP contribution in [0.4, 0.5) is 5.69 Å². The molecular formula is C9H10BrNO4. The minimum absolute atomic E-state index is 0.0214. The molecule has 0 spiro atoms. The molecule has 5 nitrogen and oxygen atoms in total. The minimum atomic E-state index is -0.465. The van der Waals surface area contributed by atoms with Gasteiger partial charge in [-0.25, -0.2) is 0 Å². The minimum Gasteiger partial charge on any atom is -0.495 e. The van der Waals surface area contributed by atoms with E-state index in [1.807, 2.05) is 0 Å². The summed E-state index contributed by atoms with van der Waals surface area (Å²) in [6.45, 7) is 1.63. The van der Waals surface area contributed by atoms with Gasteiger partial charge in [0.1, 0.15) is 16.0 Å². The second-order valence-electron chi connectivity index (χ2n) is 2.83. The highest BCUT2D eigenvalue weighted by Gasteiger charge is 2.21. The number of ether oxygens (including phenoxy) is 2. The van der Waals surface area contributed by atoms with E-state index in [0.29, 0.717) is 21.5 Å². The van der Waals surface area contributed by atoms with Crippen LogP contribution in [0, 0.1) is 17.0 Å². The first-order chi connectivity index (χ1) is 7.02. The summed E-state index contributed by atoms with van der Waals surface area (Å²) in [5, 5.41) is 10.7. The first-order valence-electron chi connectivity index (χ1n) is 4.08. The largest absolute Gasteiger partial charge is 0.495 e. The molecule has 0 radical (unpaired) electrons. The fourth-order valence-electron chi connectivity index (χ4n) is 1.27. The maximum absolute atomic E-state index is 10.7. The predicted molar refractivity (Wildman–Crippen MR) is 58.6 cm³/mol. The van der Waals surface area contributed by atoms with Gasteiger partial charge in [0, 0.05) is 0 Å². The molecule has 0 aromatic heterocycles. The lowest BCUT2D eigenvalue weighted by molar-refractivity contribution is -0.385. The molecule has 0 N–H and O–H groups in total. The van der Waals surface area contributed by atoms with Crippen molar-refractivity contribution in [2.45, 2.75) is 6.92 Å². The smallest absolute Gasteiger partial charge is 0.279 e. The van der Waals surface area contributed by atoms with Crippen molar-refractivity contribution in [3.63, 3.8) is 0 Å². The van der Waals surface area contributed by atoms with Crippen LogP contribution in [-0.2, 0) is 0 Å². The Bertz CT molecular complexity index is 406. The van der Waals surface area contributed by atoms with Gasteiger partial charge in [0.2, 0.25) is 0 Å². The van der Waals surface area contributed by atoms with Crippen LogP contribution in [0.5, 0.6) is 11.5 Å². The van der Waals surface area contributed by atoms with E-state index in [0.717, 1.165) is 0 Å². The summed E-state index contributed by atoms with van der Waals surface area (Å²) >= 11 is 3.26. The standard InChI is InChI=1S/C9H10BrNO4/c1-5-6(11(12)13)4-7(14-2)8(10)9(5)15-3/h4H,1-3H3. The molecule has 0 saturated carbocycles. The molecule has 0 fully saturated rings. The molecule has 0 unspecified atom stereocenters. The third-order valence-corrected chi connectivity index (χ3v) is 2.78. The molecule has 1 aromatic rings. The van der Waals surface area contributed by atoms with Crippen molar-refractivity contribution in [1.82, 2.24) is 0 Å². The van der Waals surface area contributed by atoms with Crippen molar-refractivity contribution >= 4 is 21.6 Å². The van der Waals surface area contributed by atoms with E-state index in [1.165, 1.54) is 20.3 Å². The summed E-state index contributed by atoms with van der Waals surface area (Å²) in [4.78, 5) is 10.3. The number of methoxy groups -OCH3 is 2. The van der Waals surface area contributed by atoms with Crippen molar-refractivity contribution < 1.29 is 14.4 Å². The molecule has 0 aliphatic rings. The fourth-order valence-corrected chi connectivity index (χ4v) is 2.01. The molecule has 0 aliphatic heterocycles. The summed E-state index contributed by atoms with van der Waals surface area (Å²) in [7, 11) is 2.90. The van der Waals surface area contributed by atoms with E-state index in [4.69, 9.17) is 9.47 Å². The van der Waals surface area contributed by atoms with Crippen LogP contribution in [-0.4, -0.2) is 19.1 Å². The van der Waals surface area contributed by atoms with Gasteiger partial charge in [0.25, 0.3) is 5.69 Å². The summed E-state index contributed by atoms with van der Waals surface area (Å²) in [5.41, 5.74) is 0.446. The summed E-state index contributed by atoms with van der Waals surface area (Å²) in [5.74, 6) is 0.796. The van der Waals surface area contributed by atoms with Crippen LogP contribution >= 0.6 is 15.9 Å². The van der Waals surface area contributed by atoms with E-state index >= 15 is 0 Å². The number of nitro groups is 1. The zero-order chi connectivity index (χ0) is 11.6. The van der Waals surface area contributed by atoms with E-state index < -0.39 is 4.92 Å². The molecule has 6 heteroatoms. The molecule has 0 bridgehead atoms. The Kier molecular flexibility index (Phi) is 3.52. The Morgan fingerprint density at radius 3 is 2.40 bits per heavy atom. The molecule has 1 aromatic carbocycles. The molecule has 0 saturated heterocycles. The fraction of sp³-hybridized carbons (Fsp3) is 0.333. The SMILES string of the molecule is COc1cc([N+](=O)[O-])c(C)c(OC)c1Br. The first kappa shape index (κ1) is 11.8. The summed E-state index contributed by atoms with van der Waals surface area (Å²) in [6, 6.07) is 1.36. The predicted octanol–water partition coefficient (Wildman–Crippen LogP) is 2.68. The van der Waals surface area contributed by atoms with Gasteiger partial charge in [-0.1, -0.05) is 0 Å². The normalized spacial score (nSPS) is 9.87. The number of hydrogen-bond donors (Lipinski definition) is 0.